The Labute approximate surface area is 224 Å². The molecule has 0 fully saturated rings. The van der Waals surface area contributed by atoms with Crippen LogP contribution in [0.4, 0.5) is 0 Å². The van der Waals surface area contributed by atoms with Crippen molar-refractivity contribution < 1.29 is 19.5 Å². The maximum absolute atomic E-state index is 13.7. The number of carbonyl (C=O) groups excluding carboxylic acids is 2. The number of carbonyl (C=O) groups is 3. The molecule has 1 aromatic rings. The van der Waals surface area contributed by atoms with Crippen LogP contribution in [-0.2, 0) is 19.8 Å². The van der Waals surface area contributed by atoms with E-state index in [9.17, 15) is 19.5 Å². The first-order chi connectivity index (χ1) is 16.5. The predicted molar refractivity (Wildman–Crippen MR) is 153 cm³/mol. The van der Waals surface area contributed by atoms with Crippen LogP contribution in [-0.4, -0.2) is 60.0 Å². The molecule has 0 saturated heterocycles. The number of hydrogen-bond acceptors (Lipinski definition) is 4. The van der Waals surface area contributed by atoms with E-state index in [4.69, 9.17) is 0 Å². The molecule has 3 N–H and O–H groups in total. The number of likely N-dealkylation sites (N-methyl/N-ethyl adjacent to an activating group) is 2. The zero-order chi connectivity index (χ0) is 28.0. The molecular formula is C30H49N3O4. The van der Waals surface area contributed by atoms with Gasteiger partial charge in [0.15, 0.2) is 0 Å². The van der Waals surface area contributed by atoms with Crippen molar-refractivity contribution in [2.45, 2.75) is 86.4 Å². The molecule has 7 heteroatoms. The quantitative estimate of drug-likeness (QED) is 0.365. The molecule has 0 saturated carbocycles. The Morgan fingerprint density at radius 1 is 1.08 bits per heavy atom. The fourth-order valence-corrected chi connectivity index (χ4v) is 4.36. The molecule has 3 atom stereocenters. The second kappa shape index (κ2) is 13.6. The number of benzene rings is 1. The van der Waals surface area contributed by atoms with Gasteiger partial charge in [-0.05, 0) is 36.4 Å². The fourth-order valence-electron chi connectivity index (χ4n) is 4.36. The number of carboxylic acids is 1. The minimum Gasteiger partial charge on any atom is -0.478 e. The SMILES string of the molecule is C.C=Cc1cccc(C(C)(C)[C@H](NC)C(=O)N[C@H](C(=O)N(C)[C@H](/C=C(\C)C(=O)O)C(C)C)C(C)(C)C)c1. The molecule has 208 valence electrons. The highest BCUT2D eigenvalue weighted by Gasteiger charge is 2.41. The standard InChI is InChI=1S/C29H45N3O4.CH4/c1-12-20-14-13-15-21(17-20)29(8,9)23(30-10)25(33)31-24(28(5,6)7)26(34)32(11)22(18(2)3)16-19(4)27(35)36;/h12-18,22-24,30H,1H2,2-11H3,(H,31,33)(H,35,36);1H4/b19-16+;/t22-,23-,24-;/m1./s1. The molecule has 0 radical (unpaired) electrons. The molecule has 37 heavy (non-hydrogen) atoms. The van der Waals surface area contributed by atoms with Crippen LogP contribution in [0.3, 0.4) is 0 Å². The Kier molecular flexibility index (Phi) is 12.5. The van der Waals surface area contributed by atoms with Crippen molar-refractivity contribution in [1.82, 2.24) is 15.5 Å². The number of amides is 2. The van der Waals surface area contributed by atoms with E-state index < -0.39 is 34.9 Å². The lowest BCUT2D eigenvalue weighted by Crippen LogP contribution is -2.61. The molecule has 0 heterocycles. The van der Waals surface area contributed by atoms with E-state index in [1.54, 1.807) is 31.1 Å². The van der Waals surface area contributed by atoms with Crippen LogP contribution in [0.15, 0.2) is 42.5 Å². The lowest BCUT2D eigenvalue weighted by molar-refractivity contribution is -0.141. The van der Waals surface area contributed by atoms with Crippen LogP contribution in [0.5, 0.6) is 0 Å². The Morgan fingerprint density at radius 2 is 1.65 bits per heavy atom. The lowest BCUT2D eigenvalue weighted by Gasteiger charge is -2.40. The van der Waals surface area contributed by atoms with Crippen molar-refractivity contribution in [2.75, 3.05) is 14.1 Å². The first-order valence-corrected chi connectivity index (χ1v) is 12.4. The summed E-state index contributed by atoms with van der Waals surface area (Å²) in [6.45, 7) is 18.9. The number of carboxylic acid groups (broad SMARTS) is 1. The highest BCUT2D eigenvalue weighted by Crippen LogP contribution is 2.30. The molecule has 1 aromatic carbocycles. The molecule has 0 spiro atoms. The summed E-state index contributed by atoms with van der Waals surface area (Å²) < 4.78 is 0. The summed E-state index contributed by atoms with van der Waals surface area (Å²) >= 11 is 0. The molecule has 0 unspecified atom stereocenters. The number of nitrogens with zero attached hydrogens (tertiary/aromatic N) is 1. The highest BCUT2D eigenvalue weighted by molar-refractivity contribution is 5.91. The van der Waals surface area contributed by atoms with E-state index in [0.29, 0.717) is 0 Å². The molecule has 0 aliphatic rings. The fraction of sp³-hybridized carbons (Fsp3) is 0.567. The molecule has 0 bridgehead atoms. The monoisotopic (exact) mass is 515 g/mol. The minimum atomic E-state index is -1.03. The van der Waals surface area contributed by atoms with Crippen LogP contribution in [0.2, 0.25) is 0 Å². The van der Waals surface area contributed by atoms with Crippen LogP contribution in [0, 0.1) is 11.3 Å². The van der Waals surface area contributed by atoms with E-state index >= 15 is 0 Å². The van der Waals surface area contributed by atoms with Gasteiger partial charge < -0.3 is 20.6 Å². The zero-order valence-electron chi connectivity index (χ0n) is 23.6. The summed E-state index contributed by atoms with van der Waals surface area (Å²) in [6, 6.07) is 6.01. The number of nitrogens with one attached hydrogen (secondary N) is 2. The third-order valence-corrected chi connectivity index (χ3v) is 6.77. The van der Waals surface area contributed by atoms with Gasteiger partial charge in [0.25, 0.3) is 0 Å². The zero-order valence-corrected chi connectivity index (χ0v) is 23.6. The van der Waals surface area contributed by atoms with Crippen molar-refractivity contribution >= 4 is 23.9 Å². The van der Waals surface area contributed by atoms with E-state index in [-0.39, 0.29) is 30.7 Å². The second-order valence-electron chi connectivity index (χ2n) is 11.4. The van der Waals surface area contributed by atoms with Gasteiger partial charge in [0, 0.05) is 18.0 Å². The van der Waals surface area contributed by atoms with Crippen LogP contribution < -0.4 is 10.6 Å². The van der Waals surface area contributed by atoms with Crippen molar-refractivity contribution in [3.05, 3.63) is 53.6 Å². The maximum Gasteiger partial charge on any atom is 0.331 e. The van der Waals surface area contributed by atoms with Gasteiger partial charge in [0.2, 0.25) is 11.8 Å². The van der Waals surface area contributed by atoms with Gasteiger partial charge in [-0.15, -0.1) is 0 Å². The van der Waals surface area contributed by atoms with E-state index in [2.05, 4.69) is 17.2 Å². The van der Waals surface area contributed by atoms with Gasteiger partial charge >= 0.3 is 5.97 Å². The van der Waals surface area contributed by atoms with E-state index in [0.717, 1.165) is 11.1 Å². The first kappa shape index (κ1) is 34.1. The largest absolute Gasteiger partial charge is 0.478 e. The maximum atomic E-state index is 13.7. The third-order valence-electron chi connectivity index (χ3n) is 6.77. The topological polar surface area (TPSA) is 98.7 Å². The Morgan fingerprint density at radius 3 is 2.08 bits per heavy atom. The van der Waals surface area contributed by atoms with Gasteiger partial charge in [-0.3, -0.25) is 9.59 Å². The summed E-state index contributed by atoms with van der Waals surface area (Å²) in [6.07, 6.45) is 3.36. The summed E-state index contributed by atoms with van der Waals surface area (Å²) in [4.78, 5) is 40.3. The number of hydrogen-bond donors (Lipinski definition) is 3. The number of aliphatic carboxylic acids is 1. The minimum absolute atomic E-state index is 0. The number of rotatable bonds is 11. The average Bonchev–Trinajstić information content (AvgIpc) is 2.79. The normalized spacial score (nSPS) is 14.7. The van der Waals surface area contributed by atoms with Gasteiger partial charge in [-0.2, -0.15) is 0 Å². The Balaban J connectivity index is 0.0000130. The highest BCUT2D eigenvalue weighted by atomic mass is 16.4. The molecule has 0 aromatic heterocycles. The second-order valence-corrected chi connectivity index (χ2v) is 11.4. The molecule has 0 aliphatic carbocycles. The van der Waals surface area contributed by atoms with Gasteiger partial charge in [-0.1, -0.05) is 98.9 Å². The van der Waals surface area contributed by atoms with Crippen molar-refractivity contribution in [2.24, 2.45) is 11.3 Å². The van der Waals surface area contributed by atoms with Crippen LogP contribution in [0.25, 0.3) is 6.08 Å². The molecule has 0 aliphatic heterocycles. The third kappa shape index (κ3) is 8.56. The molecule has 1 rings (SSSR count). The summed E-state index contributed by atoms with van der Waals surface area (Å²) in [7, 11) is 3.39. The summed E-state index contributed by atoms with van der Waals surface area (Å²) in [5.74, 6) is -1.61. The van der Waals surface area contributed by atoms with Gasteiger partial charge in [0.1, 0.15) is 6.04 Å². The van der Waals surface area contributed by atoms with Crippen LogP contribution >= 0.6 is 0 Å². The summed E-state index contributed by atoms with van der Waals surface area (Å²) in [5, 5.41) is 15.5. The van der Waals surface area contributed by atoms with E-state index in [1.165, 1.54) is 6.92 Å². The Bertz CT molecular complexity index is 989. The van der Waals surface area contributed by atoms with Gasteiger partial charge in [0.05, 0.1) is 12.1 Å². The molecule has 7 nitrogen and oxygen atoms in total. The summed E-state index contributed by atoms with van der Waals surface area (Å²) in [5.41, 5.74) is 0.934. The van der Waals surface area contributed by atoms with Crippen LogP contribution in [0.1, 0.15) is 73.9 Å². The Hall–Kier alpha value is -2.93. The lowest BCUT2D eigenvalue weighted by atomic mass is 9.76. The van der Waals surface area contributed by atoms with Gasteiger partial charge in [-0.25, -0.2) is 4.79 Å². The van der Waals surface area contributed by atoms with Crippen molar-refractivity contribution in [3.63, 3.8) is 0 Å². The average molecular weight is 516 g/mol. The predicted octanol–water partition coefficient (Wildman–Crippen LogP) is 4.88. The molecular weight excluding hydrogens is 466 g/mol. The van der Waals surface area contributed by atoms with E-state index in [1.807, 2.05) is 72.7 Å². The first-order valence-electron chi connectivity index (χ1n) is 12.4. The smallest absolute Gasteiger partial charge is 0.331 e. The van der Waals surface area contributed by atoms with Crippen molar-refractivity contribution in [1.29, 1.82) is 0 Å². The molecule has 2 amide bonds. The van der Waals surface area contributed by atoms with Crippen molar-refractivity contribution in [3.8, 4) is 0 Å².